The summed E-state index contributed by atoms with van der Waals surface area (Å²) in [4.78, 5) is 14.0. The standard InChI is InChI=1S/C20H30N2O3/c1-20(2,3)25-19(23)22-13-16-7-6-15(11-17(16)14-22)12-21-18-5-4-9-24-10-8-18/h6-7,11,18,21H,4-5,8-10,12-14H2,1-3H3. The van der Waals surface area contributed by atoms with Crippen LogP contribution in [0.25, 0.3) is 0 Å². The molecule has 0 bridgehead atoms. The lowest BCUT2D eigenvalue weighted by molar-refractivity contribution is 0.0242. The van der Waals surface area contributed by atoms with E-state index in [9.17, 15) is 4.79 Å². The molecule has 1 atom stereocenters. The number of hydrogen-bond acceptors (Lipinski definition) is 4. The molecule has 5 nitrogen and oxygen atoms in total. The number of fused-ring (bicyclic) bond motifs is 1. The Bertz CT molecular complexity index is 601. The molecule has 0 aromatic heterocycles. The molecule has 2 heterocycles. The van der Waals surface area contributed by atoms with Gasteiger partial charge in [-0.05, 0) is 56.7 Å². The Kier molecular flexibility index (Phi) is 5.64. The molecule has 1 aromatic carbocycles. The molecule has 1 unspecified atom stereocenters. The lowest BCUT2D eigenvalue weighted by Crippen LogP contribution is -2.33. The molecule has 0 radical (unpaired) electrons. The van der Waals surface area contributed by atoms with Gasteiger partial charge in [-0.25, -0.2) is 4.79 Å². The predicted molar refractivity (Wildman–Crippen MR) is 97.2 cm³/mol. The Morgan fingerprint density at radius 1 is 1.24 bits per heavy atom. The van der Waals surface area contributed by atoms with Crippen molar-refractivity contribution in [2.45, 2.75) is 71.3 Å². The number of nitrogens with one attached hydrogen (secondary N) is 1. The maximum absolute atomic E-state index is 12.3. The topological polar surface area (TPSA) is 50.8 Å². The lowest BCUT2D eigenvalue weighted by Gasteiger charge is -2.24. The van der Waals surface area contributed by atoms with Gasteiger partial charge in [0.1, 0.15) is 5.60 Å². The van der Waals surface area contributed by atoms with E-state index in [-0.39, 0.29) is 6.09 Å². The summed E-state index contributed by atoms with van der Waals surface area (Å²) in [6, 6.07) is 7.07. The van der Waals surface area contributed by atoms with Crippen LogP contribution in [-0.4, -0.2) is 35.8 Å². The van der Waals surface area contributed by atoms with Crippen LogP contribution in [0.5, 0.6) is 0 Å². The van der Waals surface area contributed by atoms with Crippen LogP contribution in [0.3, 0.4) is 0 Å². The normalized spacial score (nSPS) is 20.9. The van der Waals surface area contributed by atoms with Crippen molar-refractivity contribution in [2.75, 3.05) is 13.2 Å². The van der Waals surface area contributed by atoms with E-state index < -0.39 is 5.60 Å². The Hall–Kier alpha value is -1.59. The van der Waals surface area contributed by atoms with Gasteiger partial charge in [-0.2, -0.15) is 0 Å². The zero-order valence-electron chi connectivity index (χ0n) is 15.6. The maximum atomic E-state index is 12.3. The first-order chi connectivity index (χ1) is 11.9. The summed E-state index contributed by atoms with van der Waals surface area (Å²) in [5, 5.41) is 3.65. The van der Waals surface area contributed by atoms with Gasteiger partial charge in [0.25, 0.3) is 0 Å². The molecule has 25 heavy (non-hydrogen) atoms. The number of hydrogen-bond donors (Lipinski definition) is 1. The van der Waals surface area contributed by atoms with E-state index in [4.69, 9.17) is 9.47 Å². The summed E-state index contributed by atoms with van der Waals surface area (Å²) in [5.41, 5.74) is 3.27. The van der Waals surface area contributed by atoms with E-state index in [1.165, 1.54) is 23.1 Å². The molecule has 2 aliphatic rings. The first-order valence-corrected chi connectivity index (χ1v) is 9.30. The largest absolute Gasteiger partial charge is 0.444 e. The minimum atomic E-state index is -0.455. The minimum absolute atomic E-state index is 0.234. The molecular formula is C20H30N2O3. The smallest absolute Gasteiger partial charge is 0.410 e. The van der Waals surface area contributed by atoms with Crippen LogP contribution in [0.4, 0.5) is 4.79 Å². The Labute approximate surface area is 150 Å². The quantitative estimate of drug-likeness (QED) is 0.909. The lowest BCUT2D eigenvalue weighted by atomic mass is 10.1. The highest BCUT2D eigenvalue weighted by atomic mass is 16.6. The second-order valence-corrected chi connectivity index (χ2v) is 8.06. The number of rotatable bonds is 3. The molecule has 1 amide bonds. The summed E-state index contributed by atoms with van der Waals surface area (Å²) >= 11 is 0. The minimum Gasteiger partial charge on any atom is -0.444 e. The summed E-state index contributed by atoms with van der Waals surface area (Å²) in [6.07, 6.45) is 3.16. The van der Waals surface area contributed by atoms with Gasteiger partial charge in [0.15, 0.2) is 0 Å². The average molecular weight is 346 g/mol. The Balaban J connectivity index is 1.55. The van der Waals surface area contributed by atoms with Crippen molar-refractivity contribution in [3.8, 4) is 0 Å². The van der Waals surface area contributed by atoms with Gasteiger partial charge >= 0.3 is 6.09 Å². The Morgan fingerprint density at radius 2 is 2.04 bits per heavy atom. The molecule has 0 saturated carbocycles. The fourth-order valence-electron chi connectivity index (χ4n) is 3.38. The van der Waals surface area contributed by atoms with Gasteiger partial charge in [-0.15, -0.1) is 0 Å². The van der Waals surface area contributed by atoms with Crippen LogP contribution in [0, 0.1) is 0 Å². The second kappa shape index (κ2) is 7.75. The van der Waals surface area contributed by atoms with E-state index in [1.807, 2.05) is 20.8 Å². The van der Waals surface area contributed by atoms with Gasteiger partial charge in [-0.1, -0.05) is 18.2 Å². The highest BCUT2D eigenvalue weighted by Gasteiger charge is 2.27. The number of amides is 1. The SMILES string of the molecule is CC(C)(C)OC(=O)N1Cc2ccc(CNC3CCCOCC3)cc2C1. The summed E-state index contributed by atoms with van der Waals surface area (Å²) in [6.45, 7) is 9.57. The fourth-order valence-corrected chi connectivity index (χ4v) is 3.38. The zero-order valence-corrected chi connectivity index (χ0v) is 15.6. The number of benzene rings is 1. The first-order valence-electron chi connectivity index (χ1n) is 9.30. The van der Waals surface area contributed by atoms with Crippen LogP contribution >= 0.6 is 0 Å². The van der Waals surface area contributed by atoms with Gasteiger partial charge in [0, 0.05) is 38.9 Å². The molecule has 138 valence electrons. The van der Waals surface area contributed by atoms with Crippen LogP contribution in [0.2, 0.25) is 0 Å². The monoisotopic (exact) mass is 346 g/mol. The number of nitrogens with zero attached hydrogens (tertiary/aromatic N) is 1. The van der Waals surface area contributed by atoms with Crippen LogP contribution < -0.4 is 5.32 Å². The van der Waals surface area contributed by atoms with Crippen molar-refractivity contribution in [1.82, 2.24) is 10.2 Å². The second-order valence-electron chi connectivity index (χ2n) is 8.06. The molecule has 1 aromatic rings. The molecule has 1 N–H and O–H groups in total. The fraction of sp³-hybridized carbons (Fsp3) is 0.650. The van der Waals surface area contributed by atoms with Crippen molar-refractivity contribution in [3.63, 3.8) is 0 Å². The van der Waals surface area contributed by atoms with Crippen molar-refractivity contribution in [1.29, 1.82) is 0 Å². The van der Waals surface area contributed by atoms with E-state index >= 15 is 0 Å². The highest BCUT2D eigenvalue weighted by molar-refractivity contribution is 5.69. The van der Waals surface area contributed by atoms with E-state index in [0.717, 1.165) is 32.6 Å². The average Bonchev–Trinajstić information content (AvgIpc) is 2.79. The summed E-state index contributed by atoms with van der Waals surface area (Å²) in [5.74, 6) is 0. The van der Waals surface area contributed by atoms with Gasteiger partial charge in [0.2, 0.25) is 0 Å². The molecule has 1 fully saturated rings. The van der Waals surface area contributed by atoms with Crippen LogP contribution in [0.1, 0.15) is 56.7 Å². The van der Waals surface area contributed by atoms with Crippen molar-refractivity contribution in [2.24, 2.45) is 0 Å². The van der Waals surface area contributed by atoms with Crippen molar-refractivity contribution < 1.29 is 14.3 Å². The van der Waals surface area contributed by atoms with Crippen molar-refractivity contribution >= 4 is 6.09 Å². The van der Waals surface area contributed by atoms with Crippen LogP contribution in [0.15, 0.2) is 18.2 Å². The van der Waals surface area contributed by atoms with Gasteiger partial charge < -0.3 is 14.8 Å². The number of ether oxygens (including phenoxy) is 2. The number of carbonyl (C=O) groups is 1. The molecule has 3 rings (SSSR count). The molecule has 2 aliphatic heterocycles. The predicted octanol–water partition coefficient (Wildman–Crippen LogP) is 3.60. The molecular weight excluding hydrogens is 316 g/mol. The Morgan fingerprint density at radius 3 is 2.84 bits per heavy atom. The molecule has 0 spiro atoms. The molecule has 5 heteroatoms. The summed E-state index contributed by atoms with van der Waals surface area (Å²) in [7, 11) is 0. The van der Waals surface area contributed by atoms with E-state index in [1.54, 1.807) is 4.90 Å². The van der Waals surface area contributed by atoms with E-state index in [2.05, 4.69) is 23.5 Å². The van der Waals surface area contributed by atoms with E-state index in [0.29, 0.717) is 19.1 Å². The third-order valence-electron chi connectivity index (χ3n) is 4.69. The van der Waals surface area contributed by atoms with Crippen molar-refractivity contribution in [3.05, 3.63) is 34.9 Å². The first kappa shape index (κ1) is 18.2. The zero-order chi connectivity index (χ0) is 17.9. The number of carbonyl (C=O) groups excluding carboxylic acids is 1. The highest BCUT2D eigenvalue weighted by Crippen LogP contribution is 2.25. The van der Waals surface area contributed by atoms with Gasteiger partial charge in [0.05, 0.1) is 0 Å². The van der Waals surface area contributed by atoms with Crippen LogP contribution in [-0.2, 0) is 29.1 Å². The third-order valence-corrected chi connectivity index (χ3v) is 4.69. The maximum Gasteiger partial charge on any atom is 0.410 e. The molecule has 1 saturated heterocycles. The third kappa shape index (κ3) is 5.19. The molecule has 0 aliphatic carbocycles. The van der Waals surface area contributed by atoms with Gasteiger partial charge in [-0.3, -0.25) is 4.90 Å². The summed E-state index contributed by atoms with van der Waals surface area (Å²) < 4.78 is 11.0.